The molecule has 0 aromatic heterocycles. The summed E-state index contributed by atoms with van der Waals surface area (Å²) in [6, 6.07) is 0. The van der Waals surface area contributed by atoms with E-state index in [9.17, 15) is 5.11 Å². The van der Waals surface area contributed by atoms with Crippen LogP contribution in [0.25, 0.3) is 0 Å². The lowest BCUT2D eigenvalue weighted by Crippen LogP contribution is -2.21. The van der Waals surface area contributed by atoms with Crippen LogP contribution in [0.2, 0.25) is 0 Å². The van der Waals surface area contributed by atoms with Crippen LogP contribution in [0.4, 0.5) is 0 Å². The molecule has 0 spiro atoms. The van der Waals surface area contributed by atoms with Gasteiger partial charge in [-0.2, -0.15) is 0 Å². The molecule has 0 saturated carbocycles. The van der Waals surface area contributed by atoms with Gasteiger partial charge in [-0.05, 0) is 13.8 Å². The second-order valence-electron chi connectivity index (χ2n) is 2.94. The van der Waals surface area contributed by atoms with Crippen molar-refractivity contribution in [3.8, 4) is 0 Å². The first-order valence-electron chi connectivity index (χ1n) is 3.54. The van der Waals surface area contributed by atoms with Crippen molar-refractivity contribution in [2.24, 2.45) is 0 Å². The molecule has 3 heteroatoms. The lowest BCUT2D eigenvalue weighted by Gasteiger charge is -2.16. The van der Waals surface area contributed by atoms with Crippen molar-refractivity contribution in [1.29, 1.82) is 0 Å². The van der Waals surface area contributed by atoms with Crippen LogP contribution in [0, 0.1) is 0 Å². The van der Waals surface area contributed by atoms with Crippen molar-refractivity contribution in [2.75, 3.05) is 13.2 Å². The van der Waals surface area contributed by atoms with Gasteiger partial charge in [-0.1, -0.05) is 0 Å². The summed E-state index contributed by atoms with van der Waals surface area (Å²) in [5.74, 6) is -0.472. The van der Waals surface area contributed by atoms with E-state index in [1.165, 1.54) is 0 Å². The van der Waals surface area contributed by atoms with Gasteiger partial charge in [0, 0.05) is 6.42 Å². The Morgan fingerprint density at radius 1 is 1.60 bits per heavy atom. The summed E-state index contributed by atoms with van der Waals surface area (Å²) in [6.45, 7) is 4.20. The Labute approximate surface area is 60.9 Å². The molecular weight excluding hydrogens is 132 g/mol. The van der Waals surface area contributed by atoms with E-state index in [2.05, 4.69) is 0 Å². The molecule has 1 atom stereocenters. The Morgan fingerprint density at radius 2 is 2.30 bits per heavy atom. The second-order valence-corrected chi connectivity index (χ2v) is 2.94. The van der Waals surface area contributed by atoms with E-state index in [0.717, 1.165) is 0 Å². The predicted octanol–water partition coefficient (Wildman–Crippen LogP) is 0.959. The van der Waals surface area contributed by atoms with Crippen molar-refractivity contribution in [3.05, 3.63) is 0 Å². The van der Waals surface area contributed by atoms with Gasteiger partial charge >= 0.3 is 0 Å². The molecular formula is C7H13O3. The van der Waals surface area contributed by atoms with Gasteiger partial charge in [-0.25, -0.2) is 5.11 Å². The molecule has 10 heavy (non-hydrogen) atoms. The van der Waals surface area contributed by atoms with Gasteiger partial charge in [-0.3, -0.25) is 0 Å². The first kappa shape index (κ1) is 7.98. The summed E-state index contributed by atoms with van der Waals surface area (Å²) in [5, 5.41) is 10.2. The third-order valence-electron chi connectivity index (χ3n) is 1.51. The highest BCUT2D eigenvalue weighted by Gasteiger charge is 2.31. The van der Waals surface area contributed by atoms with Crippen molar-refractivity contribution in [3.63, 3.8) is 0 Å². The summed E-state index contributed by atoms with van der Waals surface area (Å²) in [7, 11) is 0. The Kier molecular flexibility index (Phi) is 2.28. The summed E-state index contributed by atoms with van der Waals surface area (Å²) < 4.78 is 10.6. The Morgan fingerprint density at radius 3 is 2.70 bits per heavy atom. The Balaban J connectivity index is 2.29. The van der Waals surface area contributed by atoms with E-state index in [1.807, 2.05) is 13.8 Å². The SMILES string of the molecule is CC1(C)OCC(CC[O])O1. The normalized spacial score (nSPS) is 30.9. The molecule has 1 saturated heterocycles. The first-order chi connectivity index (χ1) is 4.64. The largest absolute Gasteiger partial charge is 0.348 e. The highest BCUT2D eigenvalue weighted by atomic mass is 16.7. The molecule has 1 fully saturated rings. The third kappa shape index (κ3) is 1.94. The predicted molar refractivity (Wildman–Crippen MR) is 35.1 cm³/mol. The molecule has 0 bridgehead atoms. The molecule has 0 N–H and O–H groups in total. The fourth-order valence-electron chi connectivity index (χ4n) is 1.04. The maximum Gasteiger partial charge on any atom is 0.163 e. The second kappa shape index (κ2) is 2.86. The van der Waals surface area contributed by atoms with Crippen molar-refractivity contribution < 1.29 is 14.6 Å². The monoisotopic (exact) mass is 145 g/mol. The minimum absolute atomic E-state index is 0.0208. The van der Waals surface area contributed by atoms with E-state index in [1.54, 1.807) is 0 Å². The zero-order chi connectivity index (χ0) is 7.61. The highest BCUT2D eigenvalue weighted by molar-refractivity contribution is 4.69. The Hall–Kier alpha value is -0.120. The molecule has 0 aromatic carbocycles. The van der Waals surface area contributed by atoms with Crippen LogP contribution >= 0.6 is 0 Å². The zero-order valence-electron chi connectivity index (χ0n) is 6.42. The molecule has 1 rings (SSSR count). The van der Waals surface area contributed by atoms with Gasteiger partial charge in [0.1, 0.15) is 0 Å². The molecule has 0 amide bonds. The molecule has 3 nitrogen and oxygen atoms in total. The van der Waals surface area contributed by atoms with E-state index >= 15 is 0 Å². The summed E-state index contributed by atoms with van der Waals surface area (Å²) in [5.41, 5.74) is 0. The maximum absolute atomic E-state index is 10.2. The molecule has 0 aromatic rings. The molecule has 1 aliphatic heterocycles. The average Bonchev–Trinajstić information content (AvgIpc) is 2.12. The standard InChI is InChI=1S/C7H13O3/c1-7(2)9-5-6(10-7)3-4-8/h6H,3-5H2,1-2H3. The number of rotatable bonds is 2. The molecule has 0 aliphatic carbocycles. The van der Waals surface area contributed by atoms with Gasteiger partial charge in [0.05, 0.1) is 19.3 Å². The number of ether oxygens (including phenoxy) is 2. The van der Waals surface area contributed by atoms with Gasteiger partial charge in [0.2, 0.25) is 0 Å². The lowest BCUT2D eigenvalue weighted by atomic mass is 10.3. The quantitative estimate of drug-likeness (QED) is 0.580. The van der Waals surface area contributed by atoms with Crippen LogP contribution in [0.5, 0.6) is 0 Å². The smallest absolute Gasteiger partial charge is 0.163 e. The van der Waals surface area contributed by atoms with Crippen molar-refractivity contribution in [2.45, 2.75) is 32.2 Å². The minimum Gasteiger partial charge on any atom is -0.348 e. The highest BCUT2D eigenvalue weighted by Crippen LogP contribution is 2.23. The van der Waals surface area contributed by atoms with Crippen molar-refractivity contribution >= 4 is 0 Å². The van der Waals surface area contributed by atoms with Gasteiger partial charge in [0.15, 0.2) is 5.79 Å². The van der Waals surface area contributed by atoms with Crippen LogP contribution in [0.15, 0.2) is 0 Å². The zero-order valence-corrected chi connectivity index (χ0v) is 6.42. The Bertz CT molecular complexity index is 111. The summed E-state index contributed by atoms with van der Waals surface area (Å²) in [6.07, 6.45) is 0.580. The van der Waals surface area contributed by atoms with Gasteiger partial charge < -0.3 is 9.47 Å². The maximum atomic E-state index is 10.2. The molecule has 1 aliphatic rings. The fourth-order valence-corrected chi connectivity index (χ4v) is 1.04. The number of hydrogen-bond donors (Lipinski definition) is 0. The fraction of sp³-hybridized carbons (Fsp3) is 1.00. The summed E-state index contributed by atoms with van der Waals surface area (Å²) in [4.78, 5) is 0. The van der Waals surface area contributed by atoms with Crippen LogP contribution < -0.4 is 0 Å². The number of hydrogen-bond acceptors (Lipinski definition) is 2. The van der Waals surface area contributed by atoms with E-state index in [-0.39, 0.29) is 12.7 Å². The summed E-state index contributed by atoms with van der Waals surface area (Å²) >= 11 is 0. The van der Waals surface area contributed by atoms with Gasteiger partial charge in [0.25, 0.3) is 0 Å². The van der Waals surface area contributed by atoms with Gasteiger partial charge in [-0.15, -0.1) is 0 Å². The molecule has 59 valence electrons. The molecule has 1 radical (unpaired) electrons. The molecule has 1 heterocycles. The van der Waals surface area contributed by atoms with Crippen LogP contribution in [-0.4, -0.2) is 25.1 Å². The van der Waals surface area contributed by atoms with Crippen LogP contribution in [-0.2, 0) is 14.6 Å². The van der Waals surface area contributed by atoms with Crippen LogP contribution in [0.3, 0.4) is 0 Å². The van der Waals surface area contributed by atoms with Crippen molar-refractivity contribution in [1.82, 2.24) is 0 Å². The van der Waals surface area contributed by atoms with Crippen LogP contribution in [0.1, 0.15) is 20.3 Å². The molecule has 1 unspecified atom stereocenters. The average molecular weight is 145 g/mol. The van der Waals surface area contributed by atoms with E-state index < -0.39 is 5.79 Å². The topological polar surface area (TPSA) is 38.4 Å². The minimum atomic E-state index is -0.472. The first-order valence-corrected chi connectivity index (χ1v) is 3.54. The van der Waals surface area contributed by atoms with E-state index in [0.29, 0.717) is 13.0 Å². The van der Waals surface area contributed by atoms with E-state index in [4.69, 9.17) is 9.47 Å². The lowest BCUT2D eigenvalue weighted by molar-refractivity contribution is -0.140. The third-order valence-corrected chi connectivity index (χ3v) is 1.51.